The van der Waals surface area contributed by atoms with Crippen LogP contribution in [0.5, 0.6) is 5.75 Å². The van der Waals surface area contributed by atoms with Gasteiger partial charge in [0.15, 0.2) is 0 Å². The van der Waals surface area contributed by atoms with Crippen molar-refractivity contribution in [3.8, 4) is 17.0 Å². The first-order chi connectivity index (χ1) is 11.5. The van der Waals surface area contributed by atoms with Crippen LogP contribution in [-0.4, -0.2) is 22.2 Å². The van der Waals surface area contributed by atoms with Crippen molar-refractivity contribution in [3.05, 3.63) is 58.6 Å². The summed E-state index contributed by atoms with van der Waals surface area (Å²) in [6.45, 7) is 3.90. The van der Waals surface area contributed by atoms with E-state index < -0.39 is 5.97 Å². The van der Waals surface area contributed by atoms with Crippen LogP contribution >= 0.6 is 15.9 Å². The molecule has 0 fully saturated rings. The minimum absolute atomic E-state index is 0.0153. The molecule has 0 amide bonds. The molecule has 4 nitrogen and oxygen atoms in total. The molecule has 0 bridgehead atoms. The molecule has 3 aromatic rings. The lowest BCUT2D eigenvalue weighted by molar-refractivity contribution is 0.0699. The van der Waals surface area contributed by atoms with Crippen molar-refractivity contribution < 1.29 is 14.6 Å². The van der Waals surface area contributed by atoms with Gasteiger partial charge < -0.3 is 9.84 Å². The van der Waals surface area contributed by atoms with Gasteiger partial charge in [0.2, 0.25) is 0 Å². The average molecular weight is 386 g/mol. The molecule has 0 atom stereocenters. The topological polar surface area (TPSA) is 59.4 Å². The number of carboxylic acids is 1. The maximum Gasteiger partial charge on any atom is 0.336 e. The Morgan fingerprint density at radius 3 is 2.62 bits per heavy atom. The molecule has 3 rings (SSSR count). The zero-order chi connectivity index (χ0) is 17.3. The summed E-state index contributed by atoms with van der Waals surface area (Å²) < 4.78 is 6.65. The van der Waals surface area contributed by atoms with E-state index in [-0.39, 0.29) is 11.7 Å². The number of carboxylic acid groups (broad SMARTS) is 1. The molecule has 1 N–H and O–H groups in total. The minimum Gasteiger partial charge on any atom is -0.490 e. The molecule has 0 saturated carbocycles. The highest BCUT2D eigenvalue weighted by Gasteiger charge is 2.16. The highest BCUT2D eigenvalue weighted by atomic mass is 79.9. The van der Waals surface area contributed by atoms with Gasteiger partial charge in [-0.2, -0.15) is 0 Å². The first-order valence-corrected chi connectivity index (χ1v) is 8.34. The third-order valence-corrected chi connectivity index (χ3v) is 4.02. The van der Waals surface area contributed by atoms with Gasteiger partial charge in [0.1, 0.15) is 5.75 Å². The molecule has 1 aromatic heterocycles. The van der Waals surface area contributed by atoms with Crippen molar-refractivity contribution in [2.75, 3.05) is 0 Å². The number of nitrogens with zero attached hydrogens (tertiary/aromatic N) is 1. The van der Waals surface area contributed by atoms with Gasteiger partial charge in [-0.05, 0) is 50.2 Å². The van der Waals surface area contributed by atoms with Crippen LogP contribution in [-0.2, 0) is 0 Å². The lowest BCUT2D eigenvalue weighted by Crippen LogP contribution is -2.07. The van der Waals surface area contributed by atoms with Crippen molar-refractivity contribution in [2.45, 2.75) is 20.0 Å². The predicted octanol–water partition coefficient (Wildman–Crippen LogP) is 5.15. The van der Waals surface area contributed by atoms with E-state index in [9.17, 15) is 9.90 Å². The van der Waals surface area contributed by atoms with Crippen LogP contribution < -0.4 is 4.74 Å². The highest BCUT2D eigenvalue weighted by Crippen LogP contribution is 2.32. The van der Waals surface area contributed by atoms with Crippen LogP contribution in [0.2, 0.25) is 0 Å². The molecule has 0 unspecified atom stereocenters. The number of para-hydroxylation sites is 1. The number of benzene rings is 2. The number of hydrogen-bond acceptors (Lipinski definition) is 3. The zero-order valence-electron chi connectivity index (χ0n) is 13.3. The Labute approximate surface area is 148 Å². The summed E-state index contributed by atoms with van der Waals surface area (Å²) in [4.78, 5) is 16.3. The lowest BCUT2D eigenvalue weighted by Gasteiger charge is -2.15. The summed E-state index contributed by atoms with van der Waals surface area (Å²) in [7, 11) is 0. The molecular formula is C19H16BrNO3. The zero-order valence-corrected chi connectivity index (χ0v) is 14.9. The lowest BCUT2D eigenvalue weighted by atomic mass is 10.0. The van der Waals surface area contributed by atoms with Gasteiger partial charge in [-0.3, -0.25) is 0 Å². The number of ether oxygens (including phenoxy) is 1. The van der Waals surface area contributed by atoms with Crippen molar-refractivity contribution in [2.24, 2.45) is 0 Å². The second-order valence-electron chi connectivity index (χ2n) is 5.68. The van der Waals surface area contributed by atoms with Crippen molar-refractivity contribution in [1.82, 2.24) is 4.98 Å². The van der Waals surface area contributed by atoms with Gasteiger partial charge in [0.25, 0.3) is 0 Å². The first-order valence-electron chi connectivity index (χ1n) is 7.55. The molecule has 2 aromatic carbocycles. The second kappa shape index (κ2) is 6.61. The molecule has 0 saturated heterocycles. The number of fused-ring (bicyclic) bond motifs is 1. The van der Waals surface area contributed by atoms with Crippen LogP contribution in [0.25, 0.3) is 22.2 Å². The van der Waals surface area contributed by atoms with Gasteiger partial charge in [-0.15, -0.1) is 0 Å². The van der Waals surface area contributed by atoms with E-state index in [0.717, 1.165) is 10.0 Å². The molecule has 24 heavy (non-hydrogen) atoms. The number of pyridine rings is 1. The number of halogens is 1. The van der Waals surface area contributed by atoms with E-state index in [1.807, 2.05) is 44.2 Å². The summed E-state index contributed by atoms with van der Waals surface area (Å²) in [5.74, 6) is -0.295. The van der Waals surface area contributed by atoms with E-state index in [1.54, 1.807) is 18.2 Å². The van der Waals surface area contributed by atoms with Crippen LogP contribution in [0.4, 0.5) is 0 Å². The van der Waals surface area contributed by atoms with E-state index >= 15 is 0 Å². The number of rotatable bonds is 4. The highest BCUT2D eigenvalue weighted by molar-refractivity contribution is 9.10. The monoisotopic (exact) mass is 385 g/mol. The summed E-state index contributed by atoms with van der Waals surface area (Å²) in [6.07, 6.45) is 0.0153. The standard InChI is InChI=1S/C19H16BrNO3/c1-11(2)24-18-6-4-3-5-13(18)17-10-15(19(22)23)14-9-12(20)7-8-16(14)21-17/h3-11H,1-2H3,(H,22,23). The van der Waals surface area contributed by atoms with E-state index in [0.29, 0.717) is 22.3 Å². The third kappa shape index (κ3) is 3.26. The fourth-order valence-electron chi connectivity index (χ4n) is 2.55. The molecule has 5 heteroatoms. The molecule has 0 spiro atoms. The Balaban J connectivity index is 2.25. The van der Waals surface area contributed by atoms with E-state index in [1.165, 1.54) is 0 Å². The normalized spacial score (nSPS) is 11.0. The predicted molar refractivity (Wildman–Crippen MR) is 97.6 cm³/mol. The van der Waals surface area contributed by atoms with Gasteiger partial charge >= 0.3 is 5.97 Å². The summed E-state index contributed by atoms with van der Waals surface area (Å²) >= 11 is 3.38. The molecule has 0 aliphatic carbocycles. The fourth-order valence-corrected chi connectivity index (χ4v) is 2.91. The second-order valence-corrected chi connectivity index (χ2v) is 6.60. The number of aromatic carboxylic acids is 1. The SMILES string of the molecule is CC(C)Oc1ccccc1-c1cc(C(=O)O)c2cc(Br)ccc2n1. The summed E-state index contributed by atoms with van der Waals surface area (Å²) in [5.41, 5.74) is 2.21. The molecule has 0 aliphatic heterocycles. The Hall–Kier alpha value is -2.40. The fraction of sp³-hybridized carbons (Fsp3) is 0.158. The molecule has 1 heterocycles. The number of aromatic nitrogens is 1. The van der Waals surface area contributed by atoms with Crippen LogP contribution in [0.3, 0.4) is 0 Å². The Morgan fingerprint density at radius 2 is 1.92 bits per heavy atom. The molecule has 0 aliphatic rings. The summed E-state index contributed by atoms with van der Waals surface area (Å²) in [5, 5.41) is 10.2. The number of carbonyl (C=O) groups is 1. The summed E-state index contributed by atoms with van der Waals surface area (Å²) in [6, 6.07) is 14.5. The largest absolute Gasteiger partial charge is 0.490 e. The van der Waals surface area contributed by atoms with Crippen molar-refractivity contribution >= 4 is 32.8 Å². The third-order valence-electron chi connectivity index (χ3n) is 3.53. The van der Waals surface area contributed by atoms with Gasteiger partial charge in [-0.1, -0.05) is 28.1 Å². The van der Waals surface area contributed by atoms with Gasteiger partial charge in [0.05, 0.1) is 22.9 Å². The Bertz CT molecular complexity index is 922. The minimum atomic E-state index is -0.982. The van der Waals surface area contributed by atoms with E-state index in [2.05, 4.69) is 20.9 Å². The van der Waals surface area contributed by atoms with E-state index in [4.69, 9.17) is 4.74 Å². The average Bonchev–Trinajstić information content (AvgIpc) is 2.53. The molecule has 122 valence electrons. The van der Waals surface area contributed by atoms with Crippen LogP contribution in [0.1, 0.15) is 24.2 Å². The molecule has 0 radical (unpaired) electrons. The quantitative estimate of drug-likeness (QED) is 0.674. The van der Waals surface area contributed by atoms with Crippen molar-refractivity contribution in [1.29, 1.82) is 0 Å². The van der Waals surface area contributed by atoms with Crippen molar-refractivity contribution in [3.63, 3.8) is 0 Å². The van der Waals surface area contributed by atoms with Crippen LogP contribution in [0, 0.1) is 0 Å². The maximum absolute atomic E-state index is 11.7. The Morgan fingerprint density at radius 1 is 1.17 bits per heavy atom. The van der Waals surface area contributed by atoms with Crippen LogP contribution in [0.15, 0.2) is 53.0 Å². The molecular weight excluding hydrogens is 370 g/mol. The number of hydrogen-bond donors (Lipinski definition) is 1. The maximum atomic E-state index is 11.7. The smallest absolute Gasteiger partial charge is 0.336 e. The Kier molecular flexibility index (Phi) is 4.53. The first kappa shape index (κ1) is 16.5. The van der Waals surface area contributed by atoms with Gasteiger partial charge in [-0.25, -0.2) is 9.78 Å². The van der Waals surface area contributed by atoms with Gasteiger partial charge in [0, 0.05) is 15.4 Å².